The SMILES string of the molecule is CC(=O)N1CC(O/N=C/CCc2ccccc2)C[C@H]1C(=O)N[C@@H](CC(C)C)C(=O)C[C@@H](Cc1cnc[nH]1)C(=O)N[C@@H](CO)C(=O)C[C@H](C(N)=O)[C@@H](C)OP(=O)(O)O. The van der Waals surface area contributed by atoms with Crippen molar-refractivity contribution in [3.8, 4) is 0 Å². The summed E-state index contributed by atoms with van der Waals surface area (Å²) in [6, 6.07) is 6.24. The van der Waals surface area contributed by atoms with Crippen LogP contribution in [0, 0.1) is 17.8 Å². The summed E-state index contributed by atoms with van der Waals surface area (Å²) in [6.45, 7) is 5.35. The van der Waals surface area contributed by atoms with Crippen LogP contribution in [0.25, 0.3) is 0 Å². The number of likely N-dealkylation sites (tertiary alicyclic amines) is 1. The van der Waals surface area contributed by atoms with E-state index in [1.807, 2.05) is 44.2 Å². The minimum Gasteiger partial charge on any atom is -0.394 e. The molecule has 314 valence electrons. The Morgan fingerprint density at radius 1 is 1.07 bits per heavy atom. The van der Waals surface area contributed by atoms with E-state index >= 15 is 0 Å². The number of nitrogens with zero attached hydrogens (tertiary/aromatic N) is 3. The van der Waals surface area contributed by atoms with Crippen molar-refractivity contribution < 1.29 is 57.6 Å². The van der Waals surface area contributed by atoms with E-state index in [0.29, 0.717) is 12.1 Å². The lowest BCUT2D eigenvalue weighted by Gasteiger charge is -2.27. The van der Waals surface area contributed by atoms with Crippen molar-refractivity contribution in [1.82, 2.24) is 25.5 Å². The number of aliphatic hydroxyl groups is 1. The van der Waals surface area contributed by atoms with Crippen LogP contribution < -0.4 is 16.4 Å². The number of phosphoric ester groups is 1. The molecule has 20 heteroatoms. The number of phosphoric acid groups is 1. The number of aromatic amines is 1. The third-order valence-electron chi connectivity index (χ3n) is 9.46. The number of Topliss-reactive ketones (excluding diaryl/α,β-unsaturated/α-hetero) is 2. The normalized spacial score (nSPS) is 18.4. The number of aliphatic hydroxyl groups excluding tert-OH is 1. The van der Waals surface area contributed by atoms with Gasteiger partial charge in [0.05, 0.1) is 43.5 Å². The van der Waals surface area contributed by atoms with Gasteiger partial charge in [0, 0.05) is 50.7 Å². The zero-order valence-corrected chi connectivity index (χ0v) is 33.4. The van der Waals surface area contributed by atoms with Gasteiger partial charge in [-0.05, 0) is 37.7 Å². The number of nitrogens with two attached hydrogens (primary N) is 1. The molecule has 1 aliphatic heterocycles. The summed E-state index contributed by atoms with van der Waals surface area (Å²) >= 11 is 0. The predicted octanol–water partition coefficient (Wildman–Crippen LogP) is 0.719. The van der Waals surface area contributed by atoms with E-state index in [9.17, 15) is 38.4 Å². The molecular formula is C37H54N7O12P. The van der Waals surface area contributed by atoms with E-state index in [1.165, 1.54) is 24.3 Å². The molecule has 2 aromatic rings. The molecule has 0 bridgehead atoms. The fraction of sp³-hybridized carbons (Fsp3) is 0.568. The number of hydrogen-bond acceptors (Lipinski definition) is 12. The maximum absolute atomic E-state index is 14.0. The molecule has 0 spiro atoms. The number of carbonyl (C=O) groups excluding carboxylic acids is 6. The molecule has 1 saturated heterocycles. The van der Waals surface area contributed by atoms with Crippen LogP contribution in [0.3, 0.4) is 0 Å². The number of aryl methyl sites for hydroxylation is 1. The van der Waals surface area contributed by atoms with Crippen LogP contribution in [0.2, 0.25) is 0 Å². The molecule has 7 atom stereocenters. The van der Waals surface area contributed by atoms with Crippen LogP contribution >= 0.6 is 7.82 Å². The highest BCUT2D eigenvalue weighted by atomic mass is 31.2. The lowest BCUT2D eigenvalue weighted by atomic mass is 9.89. The zero-order valence-electron chi connectivity index (χ0n) is 32.5. The summed E-state index contributed by atoms with van der Waals surface area (Å²) in [4.78, 5) is 111. The molecule has 0 saturated carbocycles. The van der Waals surface area contributed by atoms with Gasteiger partial charge in [-0.15, -0.1) is 0 Å². The van der Waals surface area contributed by atoms with Gasteiger partial charge in [-0.1, -0.05) is 49.3 Å². The fourth-order valence-electron chi connectivity index (χ4n) is 6.51. The van der Waals surface area contributed by atoms with Gasteiger partial charge in [-0.25, -0.2) is 9.55 Å². The predicted molar refractivity (Wildman–Crippen MR) is 205 cm³/mol. The average molecular weight is 820 g/mol. The number of aromatic nitrogens is 2. The van der Waals surface area contributed by atoms with E-state index in [2.05, 4.69) is 30.3 Å². The summed E-state index contributed by atoms with van der Waals surface area (Å²) in [6.07, 6.45) is 2.88. The zero-order chi connectivity index (χ0) is 42.3. The van der Waals surface area contributed by atoms with Gasteiger partial charge in [-0.3, -0.25) is 33.3 Å². The molecule has 4 amide bonds. The third-order valence-corrected chi connectivity index (χ3v) is 10.1. The summed E-state index contributed by atoms with van der Waals surface area (Å²) in [5.74, 6) is -7.02. The average Bonchev–Trinajstić information content (AvgIpc) is 3.82. The number of ketones is 2. The summed E-state index contributed by atoms with van der Waals surface area (Å²) < 4.78 is 15.8. The minimum atomic E-state index is -5.06. The third kappa shape index (κ3) is 15.6. The second-order valence-electron chi connectivity index (χ2n) is 14.5. The lowest BCUT2D eigenvalue weighted by Crippen LogP contribution is -2.52. The first-order valence-corrected chi connectivity index (χ1v) is 20.2. The number of primary amides is 1. The molecule has 1 aromatic carbocycles. The number of H-pyrrole nitrogens is 1. The number of hydrogen-bond donors (Lipinski definition) is 7. The number of imidazole rings is 1. The van der Waals surface area contributed by atoms with E-state index in [4.69, 9.17) is 20.4 Å². The van der Waals surface area contributed by atoms with Crippen LogP contribution in [-0.2, 0) is 55.5 Å². The Bertz CT molecular complexity index is 1740. The molecule has 1 aliphatic rings. The molecule has 1 unspecified atom stereocenters. The van der Waals surface area contributed by atoms with Crippen molar-refractivity contribution in [2.45, 2.75) is 103 Å². The smallest absolute Gasteiger partial charge is 0.394 e. The van der Waals surface area contributed by atoms with Crippen molar-refractivity contribution >= 4 is 49.2 Å². The largest absolute Gasteiger partial charge is 0.469 e. The standard InChI is InChI=1S/C37H54N7O12P/c1-22(2)13-30(42-37(51)32-16-28(19-44(32)24(4)46)55-41-12-8-11-25-9-6-5-7-10-25)33(47)15-26(14-27-18-39-21-40-27)36(50)43-31(20-45)34(48)17-29(35(38)49)23(3)56-57(52,53)54/h5-7,9-10,12,18,21-23,26,28-32,45H,8,11,13-17,19-20H2,1-4H3,(H2,38,49)(H,39,40)(H,42,51)(H,43,50)(H2,52,53,54)/b41-12+/t23-,26-,28?,29+,30+,31+,32+/m1/s1. The van der Waals surface area contributed by atoms with Gasteiger partial charge in [0.25, 0.3) is 0 Å². The summed E-state index contributed by atoms with van der Waals surface area (Å²) in [5.41, 5.74) is 6.97. The monoisotopic (exact) mass is 819 g/mol. The molecule has 8 N–H and O–H groups in total. The van der Waals surface area contributed by atoms with Crippen LogP contribution in [0.5, 0.6) is 0 Å². The first-order chi connectivity index (χ1) is 26.9. The Morgan fingerprint density at radius 2 is 1.75 bits per heavy atom. The van der Waals surface area contributed by atoms with Gasteiger partial charge >= 0.3 is 7.82 Å². The highest BCUT2D eigenvalue weighted by Gasteiger charge is 2.41. The van der Waals surface area contributed by atoms with Crippen LogP contribution in [0.1, 0.15) is 71.1 Å². The van der Waals surface area contributed by atoms with Crippen molar-refractivity contribution in [2.24, 2.45) is 28.6 Å². The first kappa shape index (κ1) is 46.6. The van der Waals surface area contributed by atoms with E-state index in [0.717, 1.165) is 18.9 Å². The highest BCUT2D eigenvalue weighted by molar-refractivity contribution is 7.46. The summed E-state index contributed by atoms with van der Waals surface area (Å²) in [7, 11) is -5.06. The maximum Gasteiger partial charge on any atom is 0.469 e. The first-order valence-electron chi connectivity index (χ1n) is 18.6. The van der Waals surface area contributed by atoms with Crippen LogP contribution in [0.15, 0.2) is 48.0 Å². The van der Waals surface area contributed by atoms with Crippen LogP contribution in [0.4, 0.5) is 0 Å². The van der Waals surface area contributed by atoms with Gasteiger partial charge in [-0.2, -0.15) is 0 Å². The number of rotatable bonds is 24. The molecular weight excluding hydrogens is 765 g/mol. The van der Waals surface area contributed by atoms with Gasteiger partial charge in [0.1, 0.15) is 18.2 Å². The molecule has 1 aromatic heterocycles. The van der Waals surface area contributed by atoms with Gasteiger partial charge < -0.3 is 46.0 Å². The Hall–Kier alpha value is -4.81. The quantitative estimate of drug-likeness (QED) is 0.0437. The molecule has 19 nitrogen and oxygen atoms in total. The van der Waals surface area contributed by atoms with Crippen molar-refractivity contribution in [2.75, 3.05) is 13.2 Å². The topological polar surface area (TPSA) is 293 Å². The molecule has 0 radical (unpaired) electrons. The number of amides is 4. The van der Waals surface area contributed by atoms with E-state index in [1.54, 1.807) is 6.21 Å². The minimum absolute atomic E-state index is 0.0606. The van der Waals surface area contributed by atoms with Crippen molar-refractivity contribution in [3.05, 3.63) is 54.1 Å². The lowest BCUT2D eigenvalue weighted by molar-refractivity contribution is -0.138. The van der Waals surface area contributed by atoms with E-state index < -0.39 is 98.7 Å². The number of carbonyl (C=O) groups is 6. The van der Waals surface area contributed by atoms with Gasteiger partial charge in [0.15, 0.2) is 11.6 Å². The van der Waals surface area contributed by atoms with Crippen molar-refractivity contribution in [3.63, 3.8) is 0 Å². The Balaban J connectivity index is 1.72. The molecule has 0 aliphatic carbocycles. The van der Waals surface area contributed by atoms with Gasteiger partial charge in [0.2, 0.25) is 23.6 Å². The van der Waals surface area contributed by atoms with Crippen LogP contribution in [-0.4, -0.2) is 115 Å². The molecule has 57 heavy (non-hydrogen) atoms. The Morgan fingerprint density at radius 3 is 2.33 bits per heavy atom. The summed E-state index contributed by atoms with van der Waals surface area (Å²) in [5, 5.41) is 19.3. The fourth-order valence-corrected chi connectivity index (χ4v) is 7.09. The molecule has 1 fully saturated rings. The second kappa shape index (κ2) is 22.2. The number of oxime groups is 1. The molecule has 3 rings (SSSR count). The highest BCUT2D eigenvalue weighted by Crippen LogP contribution is 2.39. The Kier molecular flexibility index (Phi) is 18.1. The number of nitrogens with one attached hydrogen (secondary N) is 3. The maximum atomic E-state index is 14.0. The second-order valence-corrected chi connectivity index (χ2v) is 15.7. The van der Waals surface area contributed by atoms with E-state index in [-0.39, 0.29) is 37.6 Å². The Labute approximate surface area is 330 Å². The number of benzene rings is 1. The molecule has 2 heterocycles. The van der Waals surface area contributed by atoms with Crippen molar-refractivity contribution in [1.29, 1.82) is 0 Å².